The van der Waals surface area contributed by atoms with Crippen LogP contribution in [0.3, 0.4) is 0 Å². The number of carbonyl (C=O) groups excluding carboxylic acids is 1. The summed E-state index contributed by atoms with van der Waals surface area (Å²) in [6.07, 6.45) is 0. The van der Waals surface area contributed by atoms with E-state index >= 15 is 0 Å². The molecule has 1 aromatic carbocycles. The maximum Gasteiger partial charge on any atom is 0.254 e. The Morgan fingerprint density at radius 2 is 2.24 bits per heavy atom. The van der Waals surface area contributed by atoms with Crippen LogP contribution >= 0.6 is 11.6 Å². The summed E-state index contributed by atoms with van der Waals surface area (Å²) in [5.74, 6) is -0.253. The summed E-state index contributed by atoms with van der Waals surface area (Å²) < 4.78 is 0. The smallest absolute Gasteiger partial charge is 0.254 e. The van der Waals surface area contributed by atoms with Gasteiger partial charge in [-0.2, -0.15) is 0 Å². The van der Waals surface area contributed by atoms with Crippen molar-refractivity contribution in [3.63, 3.8) is 0 Å². The number of likely N-dealkylation sites (N-methyl/N-ethyl adjacent to an activating group) is 1. The molecule has 0 saturated carbocycles. The van der Waals surface area contributed by atoms with E-state index in [1.807, 2.05) is 6.92 Å². The van der Waals surface area contributed by atoms with E-state index in [9.17, 15) is 4.79 Å². The number of nitrogens with zero attached hydrogens (tertiary/aromatic N) is 2. The van der Waals surface area contributed by atoms with Gasteiger partial charge in [-0.05, 0) is 24.6 Å². The predicted molar refractivity (Wildman–Crippen MR) is 66.6 cm³/mol. The van der Waals surface area contributed by atoms with Crippen molar-refractivity contribution in [3.8, 4) is 0 Å². The molecule has 0 aliphatic rings. The summed E-state index contributed by atoms with van der Waals surface area (Å²) in [6, 6.07) is 5.09. The highest BCUT2D eigenvalue weighted by molar-refractivity contribution is 6.31. The minimum atomic E-state index is -0.225. The van der Waals surface area contributed by atoms with Crippen LogP contribution in [0.4, 0.5) is 0 Å². The second kappa shape index (κ2) is 5.54. The quantitative estimate of drug-likeness (QED) is 0.372. The Hall–Kier alpha value is -1.75. The van der Waals surface area contributed by atoms with Crippen molar-refractivity contribution >= 4 is 23.3 Å². The zero-order chi connectivity index (χ0) is 13.0. The van der Waals surface area contributed by atoms with Crippen LogP contribution in [0, 0.1) is 6.92 Å². The van der Waals surface area contributed by atoms with Gasteiger partial charge < -0.3 is 15.8 Å². The molecule has 3 N–H and O–H groups in total. The number of aryl methyl sites for hydroxylation is 1. The fourth-order valence-corrected chi connectivity index (χ4v) is 1.55. The van der Waals surface area contributed by atoms with Crippen LogP contribution in [0.15, 0.2) is 23.4 Å². The third kappa shape index (κ3) is 3.35. The molecule has 5 nitrogen and oxygen atoms in total. The topological polar surface area (TPSA) is 78.9 Å². The Balaban J connectivity index is 2.92. The lowest BCUT2D eigenvalue weighted by Crippen LogP contribution is -2.35. The van der Waals surface area contributed by atoms with E-state index in [4.69, 9.17) is 22.5 Å². The third-order valence-corrected chi connectivity index (χ3v) is 2.54. The van der Waals surface area contributed by atoms with Crippen molar-refractivity contribution in [1.29, 1.82) is 0 Å². The van der Waals surface area contributed by atoms with Crippen molar-refractivity contribution in [1.82, 2.24) is 4.90 Å². The predicted octanol–water partition coefficient (Wildman–Crippen LogP) is 1.47. The van der Waals surface area contributed by atoms with E-state index in [2.05, 4.69) is 5.16 Å². The molecule has 17 heavy (non-hydrogen) atoms. The highest BCUT2D eigenvalue weighted by Crippen LogP contribution is 2.16. The normalized spacial score (nSPS) is 11.4. The van der Waals surface area contributed by atoms with Gasteiger partial charge in [0, 0.05) is 17.6 Å². The van der Waals surface area contributed by atoms with Crippen LogP contribution in [-0.4, -0.2) is 35.4 Å². The van der Waals surface area contributed by atoms with E-state index in [1.54, 1.807) is 25.2 Å². The summed E-state index contributed by atoms with van der Waals surface area (Å²) in [6.45, 7) is 1.88. The Labute approximate surface area is 104 Å². The number of halogens is 1. The average molecular weight is 256 g/mol. The standard InChI is InChI=1S/C11H14ClN3O2/c1-7-3-4-8(12)5-9(7)11(16)15(2)6-10(13)14-17/h3-5,17H,6H2,1-2H3,(H2,13,14). The van der Waals surface area contributed by atoms with Gasteiger partial charge in [0.15, 0.2) is 5.84 Å². The van der Waals surface area contributed by atoms with Crippen molar-refractivity contribution in [2.75, 3.05) is 13.6 Å². The molecule has 1 amide bonds. The molecule has 1 aromatic rings. The molecule has 0 atom stereocenters. The SMILES string of the molecule is Cc1ccc(Cl)cc1C(=O)N(C)C/C(N)=N/O. The first-order valence-electron chi connectivity index (χ1n) is 4.93. The largest absolute Gasteiger partial charge is 0.409 e. The summed E-state index contributed by atoms with van der Waals surface area (Å²) in [5, 5.41) is 11.8. The van der Waals surface area contributed by atoms with Crippen molar-refractivity contribution < 1.29 is 10.0 Å². The lowest BCUT2D eigenvalue weighted by molar-refractivity contribution is 0.0813. The Kier molecular flexibility index (Phi) is 4.34. The summed E-state index contributed by atoms with van der Waals surface area (Å²) in [4.78, 5) is 13.4. The van der Waals surface area contributed by atoms with Gasteiger partial charge in [-0.3, -0.25) is 4.79 Å². The molecular formula is C11H14ClN3O2. The number of hydrogen-bond acceptors (Lipinski definition) is 3. The van der Waals surface area contributed by atoms with Gasteiger partial charge >= 0.3 is 0 Å². The number of nitrogens with two attached hydrogens (primary N) is 1. The van der Waals surface area contributed by atoms with E-state index < -0.39 is 0 Å². The second-order valence-electron chi connectivity index (χ2n) is 3.71. The fraction of sp³-hybridized carbons (Fsp3) is 0.273. The zero-order valence-electron chi connectivity index (χ0n) is 9.64. The summed E-state index contributed by atoms with van der Waals surface area (Å²) >= 11 is 5.84. The molecule has 92 valence electrons. The van der Waals surface area contributed by atoms with Crippen LogP contribution in [0.1, 0.15) is 15.9 Å². The van der Waals surface area contributed by atoms with Gasteiger partial charge in [-0.15, -0.1) is 0 Å². The monoisotopic (exact) mass is 255 g/mol. The van der Waals surface area contributed by atoms with E-state index in [-0.39, 0.29) is 18.3 Å². The number of carbonyl (C=O) groups is 1. The summed E-state index contributed by atoms with van der Waals surface area (Å²) in [7, 11) is 1.57. The minimum Gasteiger partial charge on any atom is -0.409 e. The number of amidine groups is 1. The zero-order valence-corrected chi connectivity index (χ0v) is 10.4. The lowest BCUT2D eigenvalue weighted by atomic mass is 10.1. The first-order chi connectivity index (χ1) is 7.95. The Morgan fingerprint density at radius 1 is 1.59 bits per heavy atom. The maximum absolute atomic E-state index is 12.0. The van der Waals surface area contributed by atoms with Crippen LogP contribution in [0.5, 0.6) is 0 Å². The van der Waals surface area contributed by atoms with E-state index in [0.29, 0.717) is 10.6 Å². The van der Waals surface area contributed by atoms with Gasteiger partial charge in [-0.1, -0.05) is 22.8 Å². The molecule has 0 spiro atoms. The maximum atomic E-state index is 12.0. The van der Waals surface area contributed by atoms with Crippen molar-refractivity contribution in [3.05, 3.63) is 34.3 Å². The van der Waals surface area contributed by atoms with Gasteiger partial charge in [0.1, 0.15) is 0 Å². The number of oxime groups is 1. The Morgan fingerprint density at radius 3 is 2.82 bits per heavy atom. The van der Waals surface area contributed by atoms with E-state index in [0.717, 1.165) is 5.56 Å². The molecular weight excluding hydrogens is 242 g/mol. The average Bonchev–Trinajstić information content (AvgIpc) is 2.31. The minimum absolute atomic E-state index is 0.0273. The van der Waals surface area contributed by atoms with Crippen LogP contribution in [0.2, 0.25) is 5.02 Å². The molecule has 0 bridgehead atoms. The number of amides is 1. The Bertz CT molecular complexity index is 460. The molecule has 0 aromatic heterocycles. The highest BCUT2D eigenvalue weighted by Gasteiger charge is 2.15. The van der Waals surface area contributed by atoms with Gasteiger partial charge in [0.25, 0.3) is 5.91 Å². The third-order valence-electron chi connectivity index (χ3n) is 2.30. The molecule has 6 heteroatoms. The van der Waals surface area contributed by atoms with Crippen molar-refractivity contribution in [2.45, 2.75) is 6.92 Å². The summed E-state index contributed by atoms with van der Waals surface area (Å²) in [5.41, 5.74) is 6.67. The van der Waals surface area contributed by atoms with Crippen LogP contribution in [-0.2, 0) is 0 Å². The highest BCUT2D eigenvalue weighted by atomic mass is 35.5. The molecule has 0 aliphatic heterocycles. The van der Waals surface area contributed by atoms with Gasteiger partial charge in [-0.25, -0.2) is 0 Å². The van der Waals surface area contributed by atoms with Crippen LogP contribution in [0.25, 0.3) is 0 Å². The lowest BCUT2D eigenvalue weighted by Gasteiger charge is -2.17. The number of hydrogen-bond donors (Lipinski definition) is 2. The molecule has 0 saturated heterocycles. The fourth-order valence-electron chi connectivity index (χ4n) is 1.38. The van der Waals surface area contributed by atoms with E-state index in [1.165, 1.54) is 4.90 Å². The molecule has 0 unspecified atom stereocenters. The second-order valence-corrected chi connectivity index (χ2v) is 4.15. The molecule has 0 heterocycles. The van der Waals surface area contributed by atoms with Crippen LogP contribution < -0.4 is 5.73 Å². The first-order valence-corrected chi connectivity index (χ1v) is 5.31. The molecule has 0 radical (unpaired) electrons. The molecule has 0 fully saturated rings. The number of rotatable bonds is 3. The number of benzene rings is 1. The van der Waals surface area contributed by atoms with Crippen molar-refractivity contribution in [2.24, 2.45) is 10.9 Å². The molecule has 1 rings (SSSR count). The molecule has 0 aliphatic carbocycles. The first kappa shape index (κ1) is 13.3. The van der Waals surface area contributed by atoms with Gasteiger partial charge in [0.05, 0.1) is 6.54 Å². The van der Waals surface area contributed by atoms with Gasteiger partial charge in [0.2, 0.25) is 0 Å².